The highest BCUT2D eigenvalue weighted by atomic mass is 16.5. The molecule has 1 aromatic carbocycles. The smallest absolute Gasteiger partial charge is 0.160 e. The zero-order chi connectivity index (χ0) is 21.2. The average molecular weight is 397 g/mol. The molecule has 1 fully saturated rings. The summed E-state index contributed by atoms with van der Waals surface area (Å²) in [5.41, 5.74) is 3.74. The standard InChI is InChI=1S/C25H36N2O2/c1-16(2)19-9-10-26-24(14-19)25(4,5)23-12-18(15-27-23)11-17(3)20-7-8-21(28)22(13-20)29-6/h7-10,13-14,16-18,23,27-28H,11-12,15H2,1-6H3. The van der Waals surface area contributed by atoms with Gasteiger partial charge in [0, 0.05) is 23.3 Å². The Kier molecular flexibility index (Phi) is 6.52. The van der Waals surface area contributed by atoms with Crippen molar-refractivity contribution in [3.05, 3.63) is 53.3 Å². The molecule has 0 saturated carbocycles. The summed E-state index contributed by atoms with van der Waals surface area (Å²) in [7, 11) is 1.60. The van der Waals surface area contributed by atoms with E-state index in [9.17, 15) is 5.11 Å². The van der Waals surface area contributed by atoms with Gasteiger partial charge < -0.3 is 15.2 Å². The summed E-state index contributed by atoms with van der Waals surface area (Å²) < 4.78 is 5.27. The molecule has 3 rings (SSSR count). The number of rotatable bonds is 7. The molecule has 1 aliphatic rings. The van der Waals surface area contributed by atoms with Crippen molar-refractivity contribution in [2.45, 2.75) is 70.8 Å². The van der Waals surface area contributed by atoms with Crippen LogP contribution in [0.4, 0.5) is 0 Å². The Hall–Kier alpha value is -2.07. The van der Waals surface area contributed by atoms with E-state index in [4.69, 9.17) is 9.72 Å². The number of aromatic nitrogens is 1. The molecule has 3 unspecified atom stereocenters. The molecule has 1 aliphatic heterocycles. The number of pyridine rings is 1. The molecule has 0 radical (unpaired) electrons. The minimum atomic E-state index is -0.00928. The van der Waals surface area contributed by atoms with E-state index in [1.165, 1.54) is 16.8 Å². The first-order valence-electron chi connectivity index (χ1n) is 10.8. The molecule has 4 nitrogen and oxygen atoms in total. The number of benzene rings is 1. The highest BCUT2D eigenvalue weighted by Crippen LogP contribution is 2.38. The van der Waals surface area contributed by atoms with Crippen molar-refractivity contribution in [2.24, 2.45) is 5.92 Å². The molecular weight excluding hydrogens is 360 g/mol. The van der Waals surface area contributed by atoms with Crippen LogP contribution in [0, 0.1) is 5.92 Å². The highest BCUT2D eigenvalue weighted by Gasteiger charge is 2.38. The number of hydrogen-bond acceptors (Lipinski definition) is 4. The fraction of sp³-hybridized carbons (Fsp3) is 0.560. The van der Waals surface area contributed by atoms with Gasteiger partial charge in [0.1, 0.15) is 0 Å². The first-order chi connectivity index (χ1) is 13.7. The summed E-state index contributed by atoms with van der Waals surface area (Å²) >= 11 is 0. The number of phenols is 1. The molecule has 29 heavy (non-hydrogen) atoms. The number of nitrogens with one attached hydrogen (secondary N) is 1. The van der Waals surface area contributed by atoms with Crippen molar-refractivity contribution < 1.29 is 9.84 Å². The van der Waals surface area contributed by atoms with Crippen LogP contribution in [0.3, 0.4) is 0 Å². The summed E-state index contributed by atoms with van der Waals surface area (Å²) in [4.78, 5) is 4.72. The van der Waals surface area contributed by atoms with Crippen LogP contribution in [0.15, 0.2) is 36.5 Å². The normalized spacial score (nSPS) is 20.8. The van der Waals surface area contributed by atoms with E-state index in [0.717, 1.165) is 19.4 Å². The summed E-state index contributed by atoms with van der Waals surface area (Å²) in [6.45, 7) is 12.4. The molecule has 1 aromatic heterocycles. The quantitative estimate of drug-likeness (QED) is 0.661. The Morgan fingerprint density at radius 2 is 1.93 bits per heavy atom. The van der Waals surface area contributed by atoms with Crippen molar-refractivity contribution in [3.63, 3.8) is 0 Å². The van der Waals surface area contributed by atoms with Gasteiger partial charge in [0.25, 0.3) is 0 Å². The number of ether oxygens (including phenoxy) is 1. The van der Waals surface area contributed by atoms with Crippen molar-refractivity contribution >= 4 is 0 Å². The number of aromatic hydroxyl groups is 1. The van der Waals surface area contributed by atoms with Gasteiger partial charge in [-0.15, -0.1) is 0 Å². The first kappa shape index (κ1) is 21.6. The first-order valence-corrected chi connectivity index (χ1v) is 10.8. The van der Waals surface area contributed by atoms with Crippen LogP contribution in [0.1, 0.15) is 76.1 Å². The molecule has 0 amide bonds. The maximum atomic E-state index is 9.85. The maximum Gasteiger partial charge on any atom is 0.160 e. The van der Waals surface area contributed by atoms with Crippen LogP contribution in [-0.2, 0) is 5.41 Å². The lowest BCUT2D eigenvalue weighted by Gasteiger charge is -2.32. The lowest BCUT2D eigenvalue weighted by molar-refractivity contribution is 0.354. The van der Waals surface area contributed by atoms with Crippen LogP contribution in [-0.4, -0.2) is 29.8 Å². The molecule has 158 valence electrons. The van der Waals surface area contributed by atoms with Gasteiger partial charge in [-0.05, 0) is 72.5 Å². The second kappa shape index (κ2) is 8.74. The average Bonchev–Trinajstić information content (AvgIpc) is 3.17. The molecule has 0 spiro atoms. The highest BCUT2D eigenvalue weighted by molar-refractivity contribution is 5.42. The Morgan fingerprint density at radius 3 is 2.62 bits per heavy atom. The van der Waals surface area contributed by atoms with Gasteiger partial charge in [0.15, 0.2) is 11.5 Å². The summed E-state index contributed by atoms with van der Waals surface area (Å²) in [5.74, 6) is 2.31. The minimum Gasteiger partial charge on any atom is -0.504 e. The molecule has 2 N–H and O–H groups in total. The SMILES string of the molecule is COc1cc(C(C)CC2CNC(C(C)(C)c3cc(C(C)C)ccn3)C2)ccc1O. The van der Waals surface area contributed by atoms with E-state index in [0.29, 0.717) is 29.5 Å². The van der Waals surface area contributed by atoms with Crippen molar-refractivity contribution in [1.29, 1.82) is 0 Å². The number of hydrogen-bond donors (Lipinski definition) is 2. The Bertz CT molecular complexity index is 831. The van der Waals surface area contributed by atoms with Gasteiger partial charge in [-0.25, -0.2) is 0 Å². The van der Waals surface area contributed by atoms with Gasteiger partial charge in [-0.1, -0.05) is 40.7 Å². The lowest BCUT2D eigenvalue weighted by Crippen LogP contribution is -2.41. The van der Waals surface area contributed by atoms with E-state index in [1.54, 1.807) is 13.2 Å². The maximum absolute atomic E-state index is 9.85. The third-order valence-electron chi connectivity index (χ3n) is 6.66. The number of nitrogens with zero attached hydrogens (tertiary/aromatic N) is 1. The second-order valence-corrected chi connectivity index (χ2v) is 9.48. The van der Waals surface area contributed by atoms with Gasteiger partial charge in [-0.2, -0.15) is 0 Å². The fourth-order valence-electron chi connectivity index (χ4n) is 4.51. The molecule has 4 heteroatoms. The monoisotopic (exact) mass is 396 g/mol. The van der Waals surface area contributed by atoms with Crippen molar-refractivity contribution in [1.82, 2.24) is 10.3 Å². The Labute approximate surface area is 175 Å². The predicted molar refractivity (Wildman–Crippen MR) is 119 cm³/mol. The van der Waals surface area contributed by atoms with Crippen LogP contribution in [0.25, 0.3) is 0 Å². The second-order valence-electron chi connectivity index (χ2n) is 9.48. The summed E-state index contributed by atoms with van der Waals surface area (Å²) in [6, 6.07) is 10.5. The predicted octanol–water partition coefficient (Wildman–Crippen LogP) is 5.37. The molecular formula is C25H36N2O2. The zero-order valence-corrected chi connectivity index (χ0v) is 18.7. The van der Waals surface area contributed by atoms with Gasteiger partial charge in [-0.3, -0.25) is 4.98 Å². The van der Waals surface area contributed by atoms with Crippen LogP contribution < -0.4 is 10.1 Å². The molecule has 1 saturated heterocycles. The Morgan fingerprint density at radius 1 is 1.17 bits per heavy atom. The molecule has 2 aromatic rings. The van der Waals surface area contributed by atoms with Crippen LogP contribution >= 0.6 is 0 Å². The summed E-state index contributed by atoms with van der Waals surface area (Å²) in [5, 5.41) is 13.6. The molecule has 3 atom stereocenters. The molecule has 2 heterocycles. The summed E-state index contributed by atoms with van der Waals surface area (Å²) in [6.07, 6.45) is 4.23. The number of methoxy groups -OCH3 is 1. The zero-order valence-electron chi connectivity index (χ0n) is 18.7. The third-order valence-corrected chi connectivity index (χ3v) is 6.66. The van der Waals surface area contributed by atoms with Crippen LogP contribution in [0.2, 0.25) is 0 Å². The van der Waals surface area contributed by atoms with Crippen LogP contribution in [0.5, 0.6) is 11.5 Å². The van der Waals surface area contributed by atoms with E-state index in [1.807, 2.05) is 18.3 Å². The Balaban J connectivity index is 1.67. The van der Waals surface area contributed by atoms with Crippen molar-refractivity contribution in [2.75, 3.05) is 13.7 Å². The van der Waals surface area contributed by atoms with Gasteiger partial charge in [0.2, 0.25) is 0 Å². The topological polar surface area (TPSA) is 54.4 Å². The van der Waals surface area contributed by atoms with E-state index >= 15 is 0 Å². The minimum absolute atomic E-state index is 0.00928. The molecule has 0 bridgehead atoms. The largest absolute Gasteiger partial charge is 0.504 e. The lowest BCUT2D eigenvalue weighted by atomic mass is 9.77. The number of phenolic OH excluding ortho intramolecular Hbond substituents is 1. The third kappa shape index (κ3) is 4.75. The van der Waals surface area contributed by atoms with E-state index in [2.05, 4.69) is 52.1 Å². The van der Waals surface area contributed by atoms with Crippen molar-refractivity contribution in [3.8, 4) is 11.5 Å². The van der Waals surface area contributed by atoms with E-state index in [-0.39, 0.29) is 11.2 Å². The van der Waals surface area contributed by atoms with Gasteiger partial charge in [0.05, 0.1) is 7.11 Å². The van der Waals surface area contributed by atoms with Gasteiger partial charge >= 0.3 is 0 Å². The molecule has 0 aliphatic carbocycles. The fourth-order valence-corrected chi connectivity index (χ4v) is 4.51. The van der Waals surface area contributed by atoms with E-state index < -0.39 is 0 Å².